The average Bonchev–Trinajstić information content (AvgIpc) is 3.62. The lowest BCUT2D eigenvalue weighted by Gasteiger charge is -2.22. The molecule has 1 saturated carbocycles. The number of thioether (sulfide) groups is 1. The van der Waals surface area contributed by atoms with Gasteiger partial charge in [0.15, 0.2) is 11.0 Å². The Balaban J connectivity index is 1.41. The lowest BCUT2D eigenvalue weighted by atomic mass is 10.1. The summed E-state index contributed by atoms with van der Waals surface area (Å²) < 4.78 is 2.04. The molecule has 0 spiro atoms. The predicted octanol–water partition coefficient (Wildman–Crippen LogP) is 5.23. The van der Waals surface area contributed by atoms with Gasteiger partial charge < -0.3 is 4.90 Å². The molecule has 1 fully saturated rings. The number of rotatable bonds is 8. The lowest BCUT2D eigenvalue weighted by molar-refractivity contribution is -0.129. The van der Waals surface area contributed by atoms with Gasteiger partial charge in [0.05, 0.1) is 11.4 Å². The summed E-state index contributed by atoms with van der Waals surface area (Å²) in [6, 6.07) is 20.7. The van der Waals surface area contributed by atoms with Crippen LogP contribution in [0.4, 0.5) is 0 Å². The van der Waals surface area contributed by atoms with Crippen LogP contribution in [0.15, 0.2) is 78.2 Å². The Kier molecular flexibility index (Phi) is 6.45. The van der Waals surface area contributed by atoms with Crippen LogP contribution in [0.3, 0.4) is 0 Å². The number of aryl methyl sites for hydroxylation is 2. The molecule has 4 aromatic rings. The molecule has 2 aromatic heterocycles. The summed E-state index contributed by atoms with van der Waals surface area (Å²) in [7, 11) is 0. The van der Waals surface area contributed by atoms with Crippen LogP contribution >= 0.6 is 11.8 Å². The Labute approximate surface area is 204 Å². The molecular weight excluding hydrogens is 442 g/mol. The molecule has 5 rings (SSSR count). The van der Waals surface area contributed by atoms with E-state index in [1.54, 1.807) is 12.4 Å². The Morgan fingerprint density at radius 3 is 2.47 bits per heavy atom. The maximum Gasteiger partial charge on any atom is 0.233 e. The van der Waals surface area contributed by atoms with Gasteiger partial charge in [-0.15, -0.1) is 10.2 Å². The van der Waals surface area contributed by atoms with E-state index in [0.717, 1.165) is 35.5 Å². The summed E-state index contributed by atoms with van der Waals surface area (Å²) in [5.74, 6) is 1.20. The summed E-state index contributed by atoms with van der Waals surface area (Å²) in [6.45, 7) is 4.85. The molecule has 0 atom stereocenters. The van der Waals surface area contributed by atoms with Gasteiger partial charge in [0.1, 0.15) is 0 Å². The number of aromatic nitrogens is 4. The second-order valence-corrected chi connectivity index (χ2v) is 9.62. The Bertz CT molecular complexity index is 1290. The van der Waals surface area contributed by atoms with Gasteiger partial charge in [-0.1, -0.05) is 48.2 Å². The monoisotopic (exact) mass is 469 g/mol. The minimum Gasteiger partial charge on any atom is -0.335 e. The number of pyridine rings is 1. The zero-order valence-electron chi connectivity index (χ0n) is 19.4. The van der Waals surface area contributed by atoms with Gasteiger partial charge in [-0.3, -0.25) is 14.3 Å². The molecule has 2 heterocycles. The first-order valence-corrected chi connectivity index (χ1v) is 12.5. The highest BCUT2D eigenvalue weighted by Crippen LogP contribution is 2.32. The van der Waals surface area contributed by atoms with Crippen LogP contribution in [0.2, 0.25) is 0 Å². The van der Waals surface area contributed by atoms with E-state index in [-0.39, 0.29) is 5.91 Å². The van der Waals surface area contributed by atoms with Crippen LogP contribution < -0.4 is 0 Å². The molecular formula is C27H27N5OS. The largest absolute Gasteiger partial charge is 0.335 e. The number of hydrogen-bond acceptors (Lipinski definition) is 5. The van der Waals surface area contributed by atoms with Crippen molar-refractivity contribution in [3.63, 3.8) is 0 Å². The van der Waals surface area contributed by atoms with E-state index in [4.69, 9.17) is 0 Å². The SMILES string of the molecule is Cc1ccc(-n2c(SCC(=O)N(Cc3ccccc3)C3CC3)nnc2-c2ccncc2)cc1C. The van der Waals surface area contributed by atoms with E-state index in [1.165, 1.54) is 22.9 Å². The van der Waals surface area contributed by atoms with E-state index in [1.807, 2.05) is 39.8 Å². The van der Waals surface area contributed by atoms with E-state index in [2.05, 4.69) is 59.4 Å². The standard InChI is InChI=1S/C27H27N5OS/c1-19-8-9-24(16-20(19)2)32-26(22-12-14-28-15-13-22)29-30-27(32)34-18-25(33)31(23-10-11-23)17-21-6-4-3-5-7-21/h3-9,12-16,23H,10-11,17-18H2,1-2H3. The Morgan fingerprint density at radius 1 is 1.00 bits per heavy atom. The molecule has 0 N–H and O–H groups in total. The summed E-state index contributed by atoms with van der Waals surface area (Å²) in [5.41, 5.74) is 5.50. The van der Waals surface area contributed by atoms with E-state index >= 15 is 0 Å². The number of carbonyl (C=O) groups excluding carboxylic acids is 1. The van der Waals surface area contributed by atoms with Crippen LogP contribution in [0.5, 0.6) is 0 Å². The predicted molar refractivity (Wildman–Crippen MR) is 135 cm³/mol. The molecule has 0 unspecified atom stereocenters. The van der Waals surface area contributed by atoms with Gasteiger partial charge in [-0.05, 0) is 67.6 Å². The van der Waals surface area contributed by atoms with E-state index < -0.39 is 0 Å². The van der Waals surface area contributed by atoms with Crippen LogP contribution in [0.25, 0.3) is 17.1 Å². The lowest BCUT2D eigenvalue weighted by Crippen LogP contribution is -2.34. The maximum atomic E-state index is 13.3. The van der Waals surface area contributed by atoms with Crippen molar-refractivity contribution in [2.24, 2.45) is 0 Å². The molecule has 0 aliphatic heterocycles. The fourth-order valence-corrected chi connectivity index (χ4v) is 4.78. The minimum absolute atomic E-state index is 0.136. The number of nitrogens with zero attached hydrogens (tertiary/aromatic N) is 5. The van der Waals surface area contributed by atoms with Gasteiger partial charge in [-0.2, -0.15) is 0 Å². The van der Waals surface area contributed by atoms with Crippen LogP contribution in [0.1, 0.15) is 29.5 Å². The van der Waals surface area contributed by atoms with Gasteiger partial charge in [0.25, 0.3) is 0 Å². The Morgan fingerprint density at radius 2 is 1.76 bits per heavy atom. The van der Waals surface area contributed by atoms with Gasteiger partial charge >= 0.3 is 0 Å². The Hall–Kier alpha value is -3.45. The van der Waals surface area contributed by atoms with Crippen LogP contribution in [-0.4, -0.2) is 42.4 Å². The first-order valence-electron chi connectivity index (χ1n) is 11.5. The van der Waals surface area contributed by atoms with Crippen LogP contribution in [0, 0.1) is 13.8 Å². The summed E-state index contributed by atoms with van der Waals surface area (Å²) >= 11 is 1.44. The third-order valence-corrected chi connectivity index (χ3v) is 7.06. The molecule has 7 heteroatoms. The third kappa shape index (κ3) is 4.89. The molecule has 2 aromatic carbocycles. The second kappa shape index (κ2) is 9.81. The van der Waals surface area contributed by atoms with Gasteiger partial charge in [0.2, 0.25) is 5.91 Å². The third-order valence-electron chi connectivity index (χ3n) is 6.15. The van der Waals surface area contributed by atoms with Crippen molar-refractivity contribution in [3.05, 3.63) is 89.7 Å². The molecule has 1 aliphatic carbocycles. The van der Waals surface area contributed by atoms with Crippen LogP contribution in [-0.2, 0) is 11.3 Å². The molecule has 34 heavy (non-hydrogen) atoms. The molecule has 0 saturated heterocycles. The highest BCUT2D eigenvalue weighted by molar-refractivity contribution is 7.99. The first kappa shape index (κ1) is 22.3. The van der Waals surface area contributed by atoms with E-state index in [0.29, 0.717) is 23.5 Å². The number of amides is 1. The maximum absolute atomic E-state index is 13.3. The molecule has 6 nitrogen and oxygen atoms in total. The average molecular weight is 470 g/mol. The molecule has 1 amide bonds. The fraction of sp³-hybridized carbons (Fsp3) is 0.259. The number of benzene rings is 2. The van der Waals surface area contributed by atoms with Crippen molar-refractivity contribution in [2.45, 2.75) is 44.4 Å². The van der Waals surface area contributed by atoms with Crippen molar-refractivity contribution >= 4 is 17.7 Å². The molecule has 1 aliphatic rings. The van der Waals surface area contributed by atoms with Crippen molar-refractivity contribution in [3.8, 4) is 17.1 Å². The zero-order chi connectivity index (χ0) is 23.5. The van der Waals surface area contributed by atoms with Crippen molar-refractivity contribution < 1.29 is 4.79 Å². The summed E-state index contributed by atoms with van der Waals surface area (Å²) in [5, 5.41) is 9.68. The van der Waals surface area contributed by atoms with Crippen molar-refractivity contribution in [2.75, 3.05) is 5.75 Å². The summed E-state index contributed by atoms with van der Waals surface area (Å²) in [6.07, 6.45) is 5.66. The van der Waals surface area contributed by atoms with Crippen molar-refractivity contribution in [1.29, 1.82) is 0 Å². The smallest absolute Gasteiger partial charge is 0.233 e. The highest BCUT2D eigenvalue weighted by atomic mass is 32.2. The highest BCUT2D eigenvalue weighted by Gasteiger charge is 2.32. The minimum atomic E-state index is 0.136. The quantitative estimate of drug-likeness (QED) is 0.331. The second-order valence-electron chi connectivity index (χ2n) is 8.67. The molecule has 0 bridgehead atoms. The fourth-order valence-electron chi connectivity index (χ4n) is 3.95. The zero-order valence-corrected chi connectivity index (χ0v) is 20.2. The topological polar surface area (TPSA) is 63.9 Å². The van der Waals surface area contributed by atoms with Crippen molar-refractivity contribution in [1.82, 2.24) is 24.6 Å². The molecule has 0 radical (unpaired) electrons. The van der Waals surface area contributed by atoms with Gasteiger partial charge in [-0.25, -0.2) is 0 Å². The van der Waals surface area contributed by atoms with Gasteiger partial charge in [0, 0.05) is 30.5 Å². The number of hydrogen-bond donors (Lipinski definition) is 0. The summed E-state index contributed by atoms with van der Waals surface area (Å²) in [4.78, 5) is 19.4. The van der Waals surface area contributed by atoms with E-state index in [9.17, 15) is 4.79 Å². The normalized spacial score (nSPS) is 13.1. The first-order chi connectivity index (χ1) is 16.6. The molecule has 172 valence electrons. The number of carbonyl (C=O) groups is 1.